The van der Waals surface area contributed by atoms with Gasteiger partial charge in [-0.2, -0.15) is 4.72 Å². The van der Waals surface area contributed by atoms with Gasteiger partial charge in [0.1, 0.15) is 11.8 Å². The second-order valence-corrected chi connectivity index (χ2v) is 9.64. The molecule has 0 radical (unpaired) electrons. The summed E-state index contributed by atoms with van der Waals surface area (Å²) in [7, 11) is -0.822. The van der Waals surface area contributed by atoms with E-state index in [0.717, 1.165) is 18.4 Å². The maximum Gasteiger partial charge on any atom is 0.241 e. The van der Waals surface area contributed by atoms with Gasteiger partial charge in [-0.05, 0) is 54.3 Å². The molecular weight excluding hydrogens is 444 g/mol. The smallest absolute Gasteiger partial charge is 0.241 e. The van der Waals surface area contributed by atoms with Crippen LogP contribution in [0.5, 0.6) is 17.2 Å². The van der Waals surface area contributed by atoms with E-state index in [4.69, 9.17) is 14.2 Å². The molecule has 1 atom stereocenters. The minimum Gasteiger partial charge on any atom is -0.497 e. The molecule has 182 valence electrons. The summed E-state index contributed by atoms with van der Waals surface area (Å²) in [5.74, 6) is 1.10. The van der Waals surface area contributed by atoms with Crippen molar-refractivity contribution in [1.29, 1.82) is 0 Å². The Morgan fingerprint density at radius 2 is 1.70 bits per heavy atom. The third-order valence-corrected chi connectivity index (χ3v) is 6.51. The number of amides is 1. The van der Waals surface area contributed by atoms with E-state index in [1.807, 2.05) is 12.1 Å². The first-order valence-electron chi connectivity index (χ1n) is 11.0. The van der Waals surface area contributed by atoms with E-state index in [-0.39, 0.29) is 17.4 Å². The molecule has 2 rings (SSSR count). The van der Waals surface area contributed by atoms with Crippen LogP contribution in [0.1, 0.15) is 39.2 Å². The van der Waals surface area contributed by atoms with Crippen molar-refractivity contribution in [2.24, 2.45) is 5.92 Å². The number of rotatable bonds is 13. The minimum atomic E-state index is -3.89. The monoisotopic (exact) mass is 478 g/mol. The zero-order valence-corrected chi connectivity index (χ0v) is 20.7. The lowest BCUT2D eigenvalue weighted by Crippen LogP contribution is -2.49. The molecule has 8 nitrogen and oxygen atoms in total. The van der Waals surface area contributed by atoms with Crippen molar-refractivity contribution < 1.29 is 27.4 Å². The van der Waals surface area contributed by atoms with Gasteiger partial charge in [-0.15, -0.1) is 0 Å². The maximum atomic E-state index is 12.8. The van der Waals surface area contributed by atoms with Gasteiger partial charge < -0.3 is 19.5 Å². The van der Waals surface area contributed by atoms with Crippen LogP contribution in [0.2, 0.25) is 0 Å². The molecule has 2 aromatic carbocycles. The van der Waals surface area contributed by atoms with Gasteiger partial charge in [0.25, 0.3) is 0 Å². The normalized spacial score (nSPS) is 12.3. The largest absolute Gasteiger partial charge is 0.497 e. The fourth-order valence-electron chi connectivity index (χ4n) is 3.05. The van der Waals surface area contributed by atoms with E-state index < -0.39 is 22.0 Å². The van der Waals surface area contributed by atoms with Crippen LogP contribution in [0.3, 0.4) is 0 Å². The lowest BCUT2D eigenvalue weighted by molar-refractivity contribution is -0.123. The number of methoxy groups -OCH3 is 2. The number of benzene rings is 2. The van der Waals surface area contributed by atoms with Crippen LogP contribution in [0.4, 0.5) is 0 Å². The number of carbonyl (C=O) groups excluding carboxylic acids is 1. The summed E-state index contributed by atoms with van der Waals surface area (Å²) in [6.07, 6.45) is 1.98. The van der Waals surface area contributed by atoms with E-state index in [1.54, 1.807) is 39.2 Å². The number of sulfonamides is 1. The molecule has 1 amide bonds. The van der Waals surface area contributed by atoms with Crippen molar-refractivity contribution >= 4 is 15.9 Å². The van der Waals surface area contributed by atoms with Crippen LogP contribution in [-0.4, -0.2) is 41.2 Å². The Hall–Kier alpha value is -2.78. The Morgan fingerprint density at radius 1 is 1.00 bits per heavy atom. The number of hydrogen-bond donors (Lipinski definition) is 2. The van der Waals surface area contributed by atoms with Gasteiger partial charge in [0.2, 0.25) is 15.9 Å². The van der Waals surface area contributed by atoms with Crippen LogP contribution in [0.15, 0.2) is 47.4 Å². The number of nitrogens with one attached hydrogen (secondary N) is 2. The molecule has 0 fully saturated rings. The molecule has 0 aromatic heterocycles. The maximum absolute atomic E-state index is 12.8. The van der Waals surface area contributed by atoms with Crippen molar-refractivity contribution in [3.63, 3.8) is 0 Å². The van der Waals surface area contributed by atoms with Crippen LogP contribution in [0, 0.1) is 5.92 Å². The van der Waals surface area contributed by atoms with Crippen molar-refractivity contribution in [1.82, 2.24) is 10.0 Å². The van der Waals surface area contributed by atoms with Gasteiger partial charge >= 0.3 is 0 Å². The zero-order chi connectivity index (χ0) is 24.4. The fourth-order valence-corrected chi connectivity index (χ4v) is 4.39. The summed E-state index contributed by atoms with van der Waals surface area (Å²) in [4.78, 5) is 12.9. The zero-order valence-electron chi connectivity index (χ0n) is 19.9. The number of carbonyl (C=O) groups is 1. The predicted octanol–water partition coefficient (Wildman–Crippen LogP) is 3.50. The van der Waals surface area contributed by atoms with Gasteiger partial charge in [-0.3, -0.25) is 4.79 Å². The second kappa shape index (κ2) is 12.5. The molecule has 0 heterocycles. The molecule has 2 aromatic rings. The molecule has 0 unspecified atom stereocenters. The van der Waals surface area contributed by atoms with Gasteiger partial charge in [0, 0.05) is 6.54 Å². The summed E-state index contributed by atoms with van der Waals surface area (Å²) >= 11 is 0. The lowest BCUT2D eigenvalue weighted by atomic mass is 10.0. The highest BCUT2D eigenvalue weighted by Gasteiger charge is 2.28. The van der Waals surface area contributed by atoms with Crippen LogP contribution in [-0.2, 0) is 21.4 Å². The van der Waals surface area contributed by atoms with Crippen LogP contribution in [0.25, 0.3) is 0 Å². The number of hydrogen-bond acceptors (Lipinski definition) is 6. The van der Waals surface area contributed by atoms with E-state index in [0.29, 0.717) is 23.9 Å². The van der Waals surface area contributed by atoms with Crippen molar-refractivity contribution in [2.75, 3.05) is 20.8 Å². The SMILES string of the molecule is CCCCOc1ccc(CNC(=O)[C@@H](NS(=O)(=O)c2ccc(OC)cc2)C(C)C)cc1OC. The summed E-state index contributed by atoms with van der Waals surface area (Å²) in [5.41, 5.74) is 0.809. The van der Waals surface area contributed by atoms with Gasteiger partial charge in [-0.25, -0.2) is 8.42 Å². The molecule has 0 saturated carbocycles. The molecule has 0 aliphatic carbocycles. The molecule has 0 saturated heterocycles. The van der Waals surface area contributed by atoms with E-state index in [1.165, 1.54) is 19.2 Å². The molecule has 0 spiro atoms. The molecular formula is C24H34N2O6S. The average Bonchev–Trinajstić information content (AvgIpc) is 2.81. The molecule has 0 aliphatic rings. The third-order valence-electron chi connectivity index (χ3n) is 5.05. The first-order valence-corrected chi connectivity index (χ1v) is 12.4. The quantitative estimate of drug-likeness (QED) is 0.427. The summed E-state index contributed by atoms with van der Waals surface area (Å²) in [6.45, 7) is 6.48. The third kappa shape index (κ3) is 7.64. The average molecular weight is 479 g/mol. The standard InChI is InChI=1S/C24H34N2O6S/c1-6-7-14-32-21-13-8-18(15-22(21)31-5)16-25-24(27)23(17(2)3)26-33(28,29)20-11-9-19(30-4)10-12-20/h8-13,15,17,23,26H,6-7,14,16H2,1-5H3,(H,25,27)/t23-/m0/s1. The molecule has 0 bridgehead atoms. The number of ether oxygens (including phenoxy) is 3. The lowest BCUT2D eigenvalue weighted by Gasteiger charge is -2.22. The minimum absolute atomic E-state index is 0.0603. The first-order chi connectivity index (χ1) is 15.7. The Kier molecular flexibility index (Phi) is 9.99. The Balaban J connectivity index is 2.06. The fraction of sp³-hybridized carbons (Fsp3) is 0.458. The van der Waals surface area contributed by atoms with Gasteiger partial charge in [0.15, 0.2) is 11.5 Å². The summed E-state index contributed by atoms with van der Waals surface area (Å²) < 4.78 is 44.3. The van der Waals surface area contributed by atoms with Crippen molar-refractivity contribution in [2.45, 2.75) is 51.1 Å². The second-order valence-electron chi connectivity index (χ2n) is 7.92. The Morgan fingerprint density at radius 3 is 2.27 bits per heavy atom. The Labute approximate surface area is 196 Å². The highest BCUT2D eigenvalue weighted by molar-refractivity contribution is 7.89. The van der Waals surface area contributed by atoms with E-state index in [2.05, 4.69) is 17.0 Å². The van der Waals surface area contributed by atoms with Gasteiger partial charge in [-0.1, -0.05) is 33.3 Å². The molecule has 0 aliphatic heterocycles. The molecule has 9 heteroatoms. The topological polar surface area (TPSA) is 103 Å². The summed E-state index contributed by atoms with van der Waals surface area (Å²) in [6, 6.07) is 10.5. The van der Waals surface area contributed by atoms with Crippen molar-refractivity contribution in [3.8, 4) is 17.2 Å². The van der Waals surface area contributed by atoms with E-state index >= 15 is 0 Å². The van der Waals surface area contributed by atoms with Crippen LogP contribution >= 0.6 is 0 Å². The van der Waals surface area contributed by atoms with Gasteiger partial charge in [0.05, 0.1) is 25.7 Å². The molecule has 2 N–H and O–H groups in total. The first kappa shape index (κ1) is 26.5. The number of unbranched alkanes of at least 4 members (excludes halogenated alkanes) is 1. The molecule has 33 heavy (non-hydrogen) atoms. The van der Waals surface area contributed by atoms with Crippen molar-refractivity contribution in [3.05, 3.63) is 48.0 Å². The van der Waals surface area contributed by atoms with E-state index in [9.17, 15) is 13.2 Å². The predicted molar refractivity (Wildman–Crippen MR) is 127 cm³/mol. The highest BCUT2D eigenvalue weighted by atomic mass is 32.2. The van der Waals surface area contributed by atoms with Crippen LogP contribution < -0.4 is 24.2 Å². The highest BCUT2D eigenvalue weighted by Crippen LogP contribution is 2.28. The Bertz CT molecular complexity index is 1010. The summed E-state index contributed by atoms with van der Waals surface area (Å²) in [5, 5.41) is 2.81.